The highest BCUT2D eigenvalue weighted by atomic mass is 19.4. The van der Waals surface area contributed by atoms with Crippen molar-refractivity contribution in [3.63, 3.8) is 0 Å². The van der Waals surface area contributed by atoms with Crippen LogP contribution in [-0.2, 0) is 12.7 Å². The van der Waals surface area contributed by atoms with E-state index in [1.165, 1.54) is 36.3 Å². The number of nitrogens with one attached hydrogen (secondary N) is 2. The molecule has 29 heavy (non-hydrogen) atoms. The summed E-state index contributed by atoms with van der Waals surface area (Å²) in [4.78, 5) is 33.0. The summed E-state index contributed by atoms with van der Waals surface area (Å²) in [5.41, 5.74) is -1.06. The molecule has 0 bridgehead atoms. The van der Waals surface area contributed by atoms with Gasteiger partial charge in [-0.25, -0.2) is 4.98 Å². The molecule has 0 fully saturated rings. The van der Waals surface area contributed by atoms with E-state index in [0.717, 1.165) is 12.1 Å². The first-order chi connectivity index (χ1) is 13.7. The van der Waals surface area contributed by atoms with Gasteiger partial charge in [0, 0.05) is 36.3 Å². The maximum Gasteiger partial charge on any atom is 0.416 e. The Kier molecular flexibility index (Phi) is 5.67. The molecule has 0 atom stereocenters. The number of halogens is 3. The zero-order chi connectivity index (χ0) is 21.0. The van der Waals surface area contributed by atoms with Gasteiger partial charge < -0.3 is 15.2 Å². The Morgan fingerprint density at radius 3 is 2.45 bits per heavy atom. The zero-order valence-electron chi connectivity index (χ0n) is 15.3. The van der Waals surface area contributed by atoms with Crippen LogP contribution in [0.25, 0.3) is 0 Å². The Bertz CT molecular complexity index is 1000. The molecule has 0 aliphatic rings. The number of alkyl halides is 3. The number of amides is 2. The number of rotatable bonds is 5. The molecule has 6 nitrogen and oxygen atoms in total. The lowest BCUT2D eigenvalue weighted by atomic mass is 10.1. The van der Waals surface area contributed by atoms with Crippen LogP contribution in [0.15, 0.2) is 60.9 Å². The second-order valence-corrected chi connectivity index (χ2v) is 6.31. The van der Waals surface area contributed by atoms with Crippen molar-refractivity contribution < 1.29 is 22.8 Å². The largest absolute Gasteiger partial charge is 0.416 e. The first-order valence-electron chi connectivity index (χ1n) is 8.56. The van der Waals surface area contributed by atoms with Gasteiger partial charge in [0.1, 0.15) is 5.82 Å². The monoisotopic (exact) mass is 402 g/mol. The molecular formula is C20H17F3N4O2. The number of aromatic amines is 1. The third-order valence-corrected chi connectivity index (χ3v) is 4.09. The summed E-state index contributed by atoms with van der Waals surface area (Å²) < 4.78 is 40.0. The molecular weight excluding hydrogens is 385 g/mol. The molecule has 0 aliphatic carbocycles. The van der Waals surface area contributed by atoms with Crippen molar-refractivity contribution in [3.8, 4) is 0 Å². The van der Waals surface area contributed by atoms with Gasteiger partial charge in [-0.05, 0) is 30.3 Å². The van der Waals surface area contributed by atoms with E-state index in [4.69, 9.17) is 0 Å². The average molecular weight is 402 g/mol. The van der Waals surface area contributed by atoms with E-state index >= 15 is 0 Å². The van der Waals surface area contributed by atoms with Gasteiger partial charge in [-0.15, -0.1) is 0 Å². The maximum absolute atomic E-state index is 13.3. The number of imidazole rings is 1. The van der Waals surface area contributed by atoms with Gasteiger partial charge in [0.25, 0.3) is 11.8 Å². The second-order valence-electron chi connectivity index (χ2n) is 6.31. The minimum absolute atomic E-state index is 0.0911. The molecule has 0 spiro atoms. The van der Waals surface area contributed by atoms with E-state index in [1.807, 2.05) is 0 Å². The average Bonchev–Trinajstić information content (AvgIpc) is 3.20. The highest BCUT2D eigenvalue weighted by Crippen LogP contribution is 2.32. The number of hydrogen-bond donors (Lipinski definition) is 2. The number of H-pyrrole nitrogens is 1. The molecule has 1 aromatic heterocycles. The molecule has 2 amide bonds. The fourth-order valence-corrected chi connectivity index (χ4v) is 2.68. The van der Waals surface area contributed by atoms with Crippen LogP contribution in [0.5, 0.6) is 0 Å². The standard InChI is InChI=1S/C20H17F3N4O2/c1-27(12-17-24-7-8-25-17)19(29)14-9-15(20(21,22)23)11-16(10-14)26-18(28)13-5-3-2-4-6-13/h2-11H,12H2,1H3,(H,24,25)(H,26,28). The fourth-order valence-electron chi connectivity index (χ4n) is 2.68. The minimum atomic E-state index is -4.68. The van der Waals surface area contributed by atoms with Gasteiger partial charge in [-0.1, -0.05) is 18.2 Å². The van der Waals surface area contributed by atoms with Crippen molar-refractivity contribution >= 4 is 17.5 Å². The lowest BCUT2D eigenvalue weighted by molar-refractivity contribution is -0.137. The van der Waals surface area contributed by atoms with Crippen molar-refractivity contribution in [1.82, 2.24) is 14.9 Å². The Morgan fingerprint density at radius 2 is 1.83 bits per heavy atom. The summed E-state index contributed by atoms with van der Waals surface area (Å²) >= 11 is 0. The fraction of sp³-hybridized carbons (Fsp3) is 0.150. The number of benzene rings is 2. The van der Waals surface area contributed by atoms with Crippen LogP contribution in [0.1, 0.15) is 32.1 Å². The van der Waals surface area contributed by atoms with Crippen LogP contribution in [0.2, 0.25) is 0 Å². The Hall–Kier alpha value is -3.62. The quantitative estimate of drug-likeness (QED) is 0.678. The second kappa shape index (κ2) is 8.17. The molecule has 9 heteroatoms. The van der Waals surface area contributed by atoms with Gasteiger partial charge in [0.15, 0.2) is 0 Å². The summed E-state index contributed by atoms with van der Waals surface area (Å²) in [7, 11) is 1.45. The molecule has 150 valence electrons. The number of aromatic nitrogens is 2. The Balaban J connectivity index is 1.89. The maximum atomic E-state index is 13.3. The lowest BCUT2D eigenvalue weighted by Crippen LogP contribution is -2.27. The molecule has 0 radical (unpaired) electrons. The summed E-state index contributed by atoms with van der Waals surface area (Å²) in [6.07, 6.45) is -1.59. The van der Waals surface area contributed by atoms with Crippen molar-refractivity contribution in [2.45, 2.75) is 12.7 Å². The first kappa shape index (κ1) is 20.1. The van der Waals surface area contributed by atoms with E-state index in [-0.39, 0.29) is 23.4 Å². The number of hydrogen-bond acceptors (Lipinski definition) is 3. The predicted molar refractivity (Wildman–Crippen MR) is 100 cm³/mol. The zero-order valence-corrected chi connectivity index (χ0v) is 15.3. The van der Waals surface area contributed by atoms with Crippen LogP contribution in [-0.4, -0.2) is 33.7 Å². The molecule has 3 aromatic rings. The van der Waals surface area contributed by atoms with Crippen LogP contribution >= 0.6 is 0 Å². The number of carbonyl (C=O) groups excluding carboxylic acids is 2. The molecule has 0 aliphatic heterocycles. The molecule has 0 saturated heterocycles. The van der Waals surface area contributed by atoms with Gasteiger partial charge in [0.05, 0.1) is 12.1 Å². The normalized spacial score (nSPS) is 11.2. The highest BCUT2D eigenvalue weighted by molar-refractivity contribution is 6.05. The smallest absolute Gasteiger partial charge is 0.347 e. The minimum Gasteiger partial charge on any atom is -0.347 e. The van der Waals surface area contributed by atoms with Crippen molar-refractivity contribution in [1.29, 1.82) is 0 Å². The summed E-state index contributed by atoms with van der Waals surface area (Å²) in [5.74, 6) is -0.722. The van der Waals surface area contributed by atoms with Crippen LogP contribution < -0.4 is 5.32 Å². The van der Waals surface area contributed by atoms with Gasteiger partial charge in [0.2, 0.25) is 0 Å². The number of carbonyl (C=O) groups is 2. The van der Waals surface area contributed by atoms with Gasteiger partial charge in [-0.2, -0.15) is 13.2 Å². The molecule has 0 saturated carbocycles. The summed E-state index contributed by atoms with van der Waals surface area (Å²) in [5, 5.41) is 2.42. The Labute approximate surface area is 164 Å². The van der Waals surface area contributed by atoms with E-state index in [2.05, 4.69) is 15.3 Å². The molecule has 2 N–H and O–H groups in total. The van der Waals surface area contributed by atoms with Crippen molar-refractivity contribution in [3.05, 3.63) is 83.4 Å². The third-order valence-electron chi connectivity index (χ3n) is 4.09. The number of nitrogens with zero attached hydrogens (tertiary/aromatic N) is 2. The topological polar surface area (TPSA) is 78.1 Å². The summed E-state index contributed by atoms with van der Waals surface area (Å²) in [6, 6.07) is 10.8. The van der Waals surface area contributed by atoms with Crippen molar-refractivity contribution in [2.75, 3.05) is 12.4 Å². The SMILES string of the molecule is CN(Cc1ncc[nH]1)C(=O)c1cc(NC(=O)c2ccccc2)cc(C(F)(F)F)c1. The highest BCUT2D eigenvalue weighted by Gasteiger charge is 2.32. The molecule has 3 rings (SSSR count). The lowest BCUT2D eigenvalue weighted by Gasteiger charge is -2.18. The number of anilines is 1. The third kappa shape index (κ3) is 5.01. The van der Waals surface area contributed by atoms with E-state index in [1.54, 1.807) is 24.4 Å². The molecule has 2 aromatic carbocycles. The summed E-state index contributed by atoms with van der Waals surface area (Å²) in [6.45, 7) is 0.0911. The molecule has 1 heterocycles. The van der Waals surface area contributed by atoms with Gasteiger partial charge >= 0.3 is 6.18 Å². The van der Waals surface area contributed by atoms with Crippen LogP contribution in [0.4, 0.5) is 18.9 Å². The first-order valence-corrected chi connectivity index (χ1v) is 8.56. The van der Waals surface area contributed by atoms with E-state index in [0.29, 0.717) is 5.82 Å². The van der Waals surface area contributed by atoms with Gasteiger partial charge in [-0.3, -0.25) is 9.59 Å². The predicted octanol–water partition coefficient (Wildman–Crippen LogP) is 3.95. The Morgan fingerprint density at radius 1 is 1.10 bits per heavy atom. The van der Waals surface area contributed by atoms with Crippen LogP contribution in [0, 0.1) is 0 Å². The van der Waals surface area contributed by atoms with Crippen molar-refractivity contribution in [2.24, 2.45) is 0 Å². The van der Waals surface area contributed by atoms with E-state index < -0.39 is 23.6 Å². The van der Waals surface area contributed by atoms with E-state index in [9.17, 15) is 22.8 Å². The van der Waals surface area contributed by atoms with Crippen LogP contribution in [0.3, 0.4) is 0 Å². The molecule has 0 unspecified atom stereocenters.